The van der Waals surface area contributed by atoms with E-state index in [1.807, 2.05) is 7.05 Å². The fourth-order valence-electron chi connectivity index (χ4n) is 4.54. The second kappa shape index (κ2) is 8.56. The number of amides is 2. The zero-order valence-corrected chi connectivity index (χ0v) is 18.6. The Morgan fingerprint density at radius 2 is 2.15 bits per heavy atom. The topological polar surface area (TPSA) is 131 Å². The van der Waals surface area contributed by atoms with Crippen LogP contribution in [0.3, 0.4) is 0 Å². The summed E-state index contributed by atoms with van der Waals surface area (Å²) in [7, 11) is 1.81. The normalized spacial score (nSPS) is 22.2. The molecule has 2 aliphatic rings. The first-order chi connectivity index (χ1) is 15.9. The van der Waals surface area contributed by atoms with Crippen molar-refractivity contribution in [3.8, 4) is 5.69 Å². The van der Waals surface area contributed by atoms with E-state index in [2.05, 4.69) is 25.8 Å². The molecular weight excluding hydrogens is 448 g/mol. The number of nitrogens with zero attached hydrogens (tertiary/aromatic N) is 7. The summed E-state index contributed by atoms with van der Waals surface area (Å²) in [5.74, 6) is -0.374. The summed E-state index contributed by atoms with van der Waals surface area (Å²) in [4.78, 5) is 31.8. The number of carbonyl (C=O) groups is 2. The second-order valence-electron chi connectivity index (χ2n) is 8.52. The van der Waals surface area contributed by atoms with Crippen LogP contribution in [0.4, 0.5) is 0 Å². The number of likely N-dealkylation sites (tertiary alicyclic amines) is 1. The van der Waals surface area contributed by atoms with Gasteiger partial charge in [-0.1, -0.05) is 11.6 Å². The van der Waals surface area contributed by atoms with E-state index < -0.39 is 18.1 Å². The van der Waals surface area contributed by atoms with Gasteiger partial charge < -0.3 is 19.9 Å². The van der Waals surface area contributed by atoms with Crippen LogP contribution in [-0.4, -0.2) is 69.8 Å². The summed E-state index contributed by atoms with van der Waals surface area (Å²) in [5.41, 5.74) is 2.18. The maximum atomic E-state index is 13.1. The Kier molecular flexibility index (Phi) is 5.59. The van der Waals surface area contributed by atoms with E-state index in [1.165, 1.54) is 11.0 Å². The predicted octanol–water partition coefficient (Wildman–Crippen LogP) is 0.258. The third-order valence-electron chi connectivity index (χ3n) is 6.36. The lowest BCUT2D eigenvalue weighted by Gasteiger charge is -2.29. The van der Waals surface area contributed by atoms with Crippen LogP contribution < -0.4 is 5.32 Å². The highest BCUT2D eigenvalue weighted by Crippen LogP contribution is 2.48. The summed E-state index contributed by atoms with van der Waals surface area (Å²) < 4.78 is 3.25. The van der Waals surface area contributed by atoms with Crippen LogP contribution in [0.5, 0.6) is 0 Å². The van der Waals surface area contributed by atoms with Crippen molar-refractivity contribution in [1.29, 1.82) is 0 Å². The molecule has 3 heterocycles. The van der Waals surface area contributed by atoms with Gasteiger partial charge in [0.2, 0.25) is 5.91 Å². The minimum Gasteiger partial charge on any atom is -0.383 e. The molecule has 4 atom stereocenters. The summed E-state index contributed by atoms with van der Waals surface area (Å²) in [5, 5.41) is 25.2. The number of aromatic nitrogens is 6. The summed E-state index contributed by atoms with van der Waals surface area (Å²) in [6.45, 7) is 0.194. The van der Waals surface area contributed by atoms with Gasteiger partial charge in [-0.25, -0.2) is 9.67 Å². The Bertz CT molecular complexity index is 1180. The van der Waals surface area contributed by atoms with E-state index in [4.69, 9.17) is 11.6 Å². The number of fused-ring (bicyclic) bond motifs is 1. The number of carbonyl (C=O) groups excluding carboxylic acids is 2. The van der Waals surface area contributed by atoms with E-state index in [-0.39, 0.29) is 24.9 Å². The van der Waals surface area contributed by atoms with Crippen molar-refractivity contribution in [3.05, 3.63) is 53.3 Å². The number of aliphatic hydroxyl groups excluding tert-OH is 1. The molecule has 1 saturated heterocycles. The molecule has 2 amide bonds. The number of benzene rings is 1. The van der Waals surface area contributed by atoms with Crippen LogP contribution in [0, 0.1) is 5.92 Å². The van der Waals surface area contributed by atoms with Crippen molar-refractivity contribution >= 4 is 23.4 Å². The molecule has 0 radical (unpaired) electrons. The fourth-order valence-corrected chi connectivity index (χ4v) is 4.73. The van der Waals surface area contributed by atoms with Crippen LogP contribution in [0.1, 0.15) is 24.1 Å². The van der Waals surface area contributed by atoms with Crippen LogP contribution in [0.25, 0.3) is 5.69 Å². The molecule has 1 aliphatic heterocycles. The number of hydrogen-bond donors (Lipinski definition) is 2. The average molecular weight is 471 g/mol. The Balaban J connectivity index is 1.28. The second-order valence-corrected chi connectivity index (χ2v) is 8.96. The third-order valence-corrected chi connectivity index (χ3v) is 6.59. The van der Waals surface area contributed by atoms with Gasteiger partial charge >= 0.3 is 0 Å². The minimum atomic E-state index is -1.23. The van der Waals surface area contributed by atoms with Crippen LogP contribution in [0.15, 0.2) is 37.1 Å². The monoisotopic (exact) mass is 470 g/mol. The summed E-state index contributed by atoms with van der Waals surface area (Å²) in [6.07, 6.45) is 5.09. The van der Waals surface area contributed by atoms with Crippen LogP contribution >= 0.6 is 11.6 Å². The number of halogens is 1. The molecule has 2 aromatic heterocycles. The van der Waals surface area contributed by atoms with Gasteiger partial charge in [0.05, 0.1) is 12.0 Å². The van der Waals surface area contributed by atoms with Gasteiger partial charge in [-0.2, -0.15) is 0 Å². The average Bonchev–Trinajstić information content (AvgIpc) is 3.17. The molecule has 2 N–H and O–H groups in total. The molecule has 12 heteroatoms. The lowest BCUT2D eigenvalue weighted by atomic mass is 10.1. The number of aliphatic hydroxyl groups is 1. The number of aryl methyl sites for hydroxylation is 1. The van der Waals surface area contributed by atoms with Gasteiger partial charge in [-0.3, -0.25) is 9.59 Å². The molecule has 1 saturated carbocycles. The van der Waals surface area contributed by atoms with Crippen LogP contribution in [-0.2, 0) is 29.6 Å². The number of tetrazole rings is 1. The highest BCUT2D eigenvalue weighted by atomic mass is 35.5. The van der Waals surface area contributed by atoms with Crippen molar-refractivity contribution in [3.63, 3.8) is 0 Å². The first kappa shape index (κ1) is 21.5. The lowest BCUT2D eigenvalue weighted by Crippen LogP contribution is -2.51. The Labute approximate surface area is 194 Å². The molecule has 1 aliphatic carbocycles. The maximum Gasteiger partial charge on any atom is 0.252 e. The standard InChI is InChI=1S/C21H23ClN8O3/c1-28-10-23-9-15(28)7-19(31)21(33)30-17-5-12(17)6-18(30)20(32)24-8-13-4-14(22)2-3-16(13)29-11-25-26-27-29/h2-4,9-12,17-19,31H,5-8H2,1H3,(H,24,32)/t12-,17-,18-,19+/m0/s1. The van der Waals surface area contributed by atoms with E-state index >= 15 is 0 Å². The van der Waals surface area contributed by atoms with Crippen LogP contribution in [0.2, 0.25) is 5.02 Å². The Hall–Kier alpha value is -3.31. The predicted molar refractivity (Wildman–Crippen MR) is 116 cm³/mol. The SMILES string of the molecule is Cn1cncc1C[C@@H](O)C(=O)N1[C@H](C(=O)NCc2cc(Cl)ccc2-n2cnnn2)C[C@@H]2C[C@@H]21. The highest BCUT2D eigenvalue weighted by molar-refractivity contribution is 6.30. The van der Waals surface area contributed by atoms with E-state index in [0.717, 1.165) is 17.7 Å². The summed E-state index contributed by atoms with van der Waals surface area (Å²) in [6, 6.07) is 4.63. The smallest absolute Gasteiger partial charge is 0.252 e. The minimum absolute atomic E-state index is 0.0115. The van der Waals surface area contributed by atoms with Gasteiger partial charge in [-0.15, -0.1) is 5.10 Å². The number of hydrogen-bond acceptors (Lipinski definition) is 7. The molecule has 172 valence electrons. The zero-order valence-electron chi connectivity index (χ0n) is 17.9. The molecular formula is C21H23ClN8O3. The number of imidazole rings is 1. The van der Waals surface area contributed by atoms with Gasteiger partial charge in [0.1, 0.15) is 18.5 Å². The molecule has 2 fully saturated rings. The molecule has 1 aromatic carbocycles. The Morgan fingerprint density at radius 3 is 2.88 bits per heavy atom. The number of nitrogens with one attached hydrogen (secondary N) is 1. The quantitative estimate of drug-likeness (QED) is 0.506. The highest BCUT2D eigenvalue weighted by Gasteiger charge is 2.56. The molecule has 5 rings (SSSR count). The largest absolute Gasteiger partial charge is 0.383 e. The van der Waals surface area contributed by atoms with Crippen molar-refractivity contribution in [2.24, 2.45) is 13.0 Å². The maximum absolute atomic E-state index is 13.1. The lowest BCUT2D eigenvalue weighted by molar-refractivity contribution is -0.146. The van der Waals surface area contributed by atoms with Gasteiger partial charge in [0.25, 0.3) is 5.91 Å². The first-order valence-corrected chi connectivity index (χ1v) is 11.0. The molecule has 11 nitrogen and oxygen atoms in total. The van der Waals surface area contributed by atoms with Gasteiger partial charge in [0, 0.05) is 43.0 Å². The first-order valence-electron chi connectivity index (χ1n) is 10.7. The summed E-state index contributed by atoms with van der Waals surface area (Å²) >= 11 is 6.15. The van der Waals surface area contributed by atoms with Gasteiger partial charge in [0.15, 0.2) is 0 Å². The van der Waals surface area contributed by atoms with Gasteiger partial charge in [-0.05, 0) is 52.9 Å². The molecule has 0 unspecified atom stereocenters. The van der Waals surface area contributed by atoms with Crippen molar-refractivity contribution < 1.29 is 14.7 Å². The zero-order chi connectivity index (χ0) is 23.1. The number of rotatable bonds is 7. The molecule has 0 spiro atoms. The molecule has 3 aromatic rings. The van der Waals surface area contributed by atoms with Crippen molar-refractivity contribution in [2.75, 3.05) is 0 Å². The van der Waals surface area contributed by atoms with E-state index in [0.29, 0.717) is 23.0 Å². The Morgan fingerprint density at radius 1 is 1.30 bits per heavy atom. The number of piperidine rings is 1. The molecule has 33 heavy (non-hydrogen) atoms. The van der Waals surface area contributed by atoms with Crippen molar-refractivity contribution in [2.45, 2.75) is 44.0 Å². The fraction of sp³-hybridized carbons (Fsp3) is 0.429. The van der Waals surface area contributed by atoms with E-state index in [1.54, 1.807) is 40.2 Å². The molecule has 0 bridgehead atoms. The third kappa shape index (κ3) is 4.21. The van der Waals surface area contributed by atoms with Crippen molar-refractivity contribution in [1.82, 2.24) is 40.0 Å². The van der Waals surface area contributed by atoms with E-state index in [9.17, 15) is 14.7 Å².